The Labute approximate surface area is 279 Å². The first-order valence-electron chi connectivity index (χ1n) is 14.7. The van der Waals surface area contributed by atoms with E-state index in [0.717, 1.165) is 29.2 Å². The van der Waals surface area contributed by atoms with Crippen LogP contribution in [0.2, 0.25) is 0 Å². The van der Waals surface area contributed by atoms with Crippen molar-refractivity contribution >= 4 is 51.9 Å². The van der Waals surface area contributed by atoms with Gasteiger partial charge in [-0.1, -0.05) is 17.8 Å². The summed E-state index contributed by atoms with van der Waals surface area (Å²) in [4.78, 5) is 51.7. The fourth-order valence-corrected chi connectivity index (χ4v) is 6.34. The molecule has 0 saturated heterocycles. The number of thioether (sulfide) groups is 1. The molecule has 248 valence electrons. The molecule has 15 heteroatoms. The molecular weight excluding hydrogens is 650 g/mol. The fourth-order valence-electron chi connectivity index (χ4n) is 4.37. The van der Waals surface area contributed by atoms with Gasteiger partial charge in [-0.05, 0) is 82.6 Å². The van der Waals surface area contributed by atoms with Crippen LogP contribution < -0.4 is 15.4 Å². The number of esters is 2. The number of carbonyl (C=O) groups excluding carboxylic acids is 4. The molecule has 4 aromatic rings. The van der Waals surface area contributed by atoms with E-state index in [4.69, 9.17) is 14.2 Å². The second kappa shape index (κ2) is 16.2. The number of nitrogens with one attached hydrogen (secondary N) is 2. The number of thiophene rings is 1. The van der Waals surface area contributed by atoms with Crippen molar-refractivity contribution in [1.29, 1.82) is 0 Å². The maximum atomic E-state index is 13.7. The fraction of sp³-hybridized carbons (Fsp3) is 0.312. The Kier molecular flexibility index (Phi) is 12.1. The van der Waals surface area contributed by atoms with Gasteiger partial charge < -0.3 is 24.8 Å². The number of hydrogen-bond acceptors (Lipinski definition) is 11. The summed E-state index contributed by atoms with van der Waals surface area (Å²) < 4.78 is 31.2. The molecule has 0 aliphatic heterocycles. The van der Waals surface area contributed by atoms with Gasteiger partial charge in [0.1, 0.15) is 21.4 Å². The van der Waals surface area contributed by atoms with Crippen LogP contribution in [-0.4, -0.2) is 63.6 Å². The molecule has 0 bridgehead atoms. The highest BCUT2D eigenvalue weighted by Crippen LogP contribution is 2.35. The third-order valence-corrected chi connectivity index (χ3v) is 8.81. The maximum Gasteiger partial charge on any atom is 0.348 e. The zero-order valence-corrected chi connectivity index (χ0v) is 28.1. The van der Waals surface area contributed by atoms with Crippen molar-refractivity contribution in [1.82, 2.24) is 20.1 Å². The van der Waals surface area contributed by atoms with Crippen LogP contribution in [0, 0.1) is 12.7 Å². The Morgan fingerprint density at radius 2 is 1.68 bits per heavy atom. The number of aromatic nitrogens is 3. The summed E-state index contributed by atoms with van der Waals surface area (Å²) in [6.07, 6.45) is 0. The summed E-state index contributed by atoms with van der Waals surface area (Å²) in [6.45, 7) is 9.13. The van der Waals surface area contributed by atoms with E-state index < -0.39 is 34.8 Å². The SMILES string of the molecule is CCOC(=O)c1sc(NC(=O)C(C)Sc2nnc(CNC(=O)c3cccc(F)c3)n2-c2ccc(OCC)cc2)c(C(=O)OCC)c1C. The lowest BCUT2D eigenvalue weighted by molar-refractivity contribution is -0.115. The molecule has 2 heterocycles. The van der Waals surface area contributed by atoms with Gasteiger partial charge in [0.2, 0.25) is 5.91 Å². The van der Waals surface area contributed by atoms with Crippen LogP contribution in [0.5, 0.6) is 5.75 Å². The van der Waals surface area contributed by atoms with Gasteiger partial charge in [-0.15, -0.1) is 21.5 Å². The van der Waals surface area contributed by atoms with Crippen molar-refractivity contribution in [2.24, 2.45) is 0 Å². The third kappa shape index (κ3) is 8.54. The third-order valence-electron chi connectivity index (χ3n) is 6.58. The minimum atomic E-state index is -0.765. The average molecular weight is 684 g/mol. The molecule has 4 rings (SSSR count). The van der Waals surface area contributed by atoms with Crippen molar-refractivity contribution in [3.63, 3.8) is 0 Å². The number of ether oxygens (including phenoxy) is 3. The van der Waals surface area contributed by atoms with E-state index in [1.807, 2.05) is 6.92 Å². The van der Waals surface area contributed by atoms with Crippen LogP contribution in [0.1, 0.15) is 69.5 Å². The summed E-state index contributed by atoms with van der Waals surface area (Å²) in [7, 11) is 0. The predicted molar refractivity (Wildman–Crippen MR) is 175 cm³/mol. The molecule has 0 radical (unpaired) electrons. The first-order valence-corrected chi connectivity index (χ1v) is 16.4. The molecule has 0 aliphatic carbocycles. The molecule has 2 N–H and O–H groups in total. The molecule has 12 nitrogen and oxygen atoms in total. The number of carbonyl (C=O) groups is 4. The quantitative estimate of drug-likeness (QED) is 0.127. The van der Waals surface area contributed by atoms with Crippen LogP contribution in [0.25, 0.3) is 5.69 Å². The van der Waals surface area contributed by atoms with Crippen molar-refractivity contribution in [2.75, 3.05) is 25.1 Å². The Hall–Kier alpha value is -4.76. The van der Waals surface area contributed by atoms with Gasteiger partial charge in [0, 0.05) is 11.3 Å². The topological polar surface area (TPSA) is 151 Å². The smallest absolute Gasteiger partial charge is 0.348 e. The van der Waals surface area contributed by atoms with Gasteiger partial charge in [0.05, 0.1) is 37.2 Å². The molecule has 1 atom stereocenters. The average Bonchev–Trinajstić information content (AvgIpc) is 3.60. The van der Waals surface area contributed by atoms with Gasteiger partial charge in [0.25, 0.3) is 5.91 Å². The van der Waals surface area contributed by atoms with Crippen LogP contribution in [0.3, 0.4) is 0 Å². The van der Waals surface area contributed by atoms with E-state index in [1.165, 1.54) is 18.2 Å². The maximum absolute atomic E-state index is 13.7. The number of benzene rings is 2. The molecule has 0 spiro atoms. The van der Waals surface area contributed by atoms with Gasteiger partial charge in [-0.25, -0.2) is 14.0 Å². The summed E-state index contributed by atoms with van der Waals surface area (Å²) in [5.74, 6) is -1.79. The van der Waals surface area contributed by atoms with Crippen molar-refractivity contribution in [3.8, 4) is 11.4 Å². The van der Waals surface area contributed by atoms with E-state index in [2.05, 4.69) is 20.8 Å². The Balaban J connectivity index is 1.60. The number of anilines is 1. The summed E-state index contributed by atoms with van der Waals surface area (Å²) in [5, 5.41) is 13.8. The number of hydrogen-bond donors (Lipinski definition) is 2. The number of rotatable bonds is 14. The van der Waals surface area contributed by atoms with Gasteiger partial charge in [0.15, 0.2) is 11.0 Å². The predicted octanol–water partition coefficient (Wildman–Crippen LogP) is 5.58. The Morgan fingerprint density at radius 3 is 2.34 bits per heavy atom. The minimum Gasteiger partial charge on any atom is -0.494 e. The number of halogens is 1. The van der Waals surface area contributed by atoms with E-state index in [0.29, 0.717) is 34.6 Å². The highest BCUT2D eigenvalue weighted by Gasteiger charge is 2.29. The molecule has 0 aliphatic rings. The minimum absolute atomic E-state index is 0.0509. The normalized spacial score (nSPS) is 11.4. The molecule has 47 heavy (non-hydrogen) atoms. The highest BCUT2D eigenvalue weighted by molar-refractivity contribution is 8.00. The molecular formula is C32H34FN5O7S2. The number of nitrogens with zero attached hydrogens (tertiary/aromatic N) is 3. The number of amides is 2. The van der Waals surface area contributed by atoms with Crippen LogP contribution in [-0.2, 0) is 20.8 Å². The molecule has 0 saturated carbocycles. The van der Waals surface area contributed by atoms with E-state index >= 15 is 0 Å². The lowest BCUT2D eigenvalue weighted by Crippen LogP contribution is -2.25. The van der Waals surface area contributed by atoms with Gasteiger partial charge in [-0.3, -0.25) is 14.2 Å². The van der Waals surface area contributed by atoms with Crippen molar-refractivity contribution in [2.45, 2.75) is 51.6 Å². The van der Waals surface area contributed by atoms with Crippen molar-refractivity contribution < 1.29 is 37.8 Å². The zero-order chi connectivity index (χ0) is 34.1. The summed E-state index contributed by atoms with van der Waals surface area (Å²) in [6, 6.07) is 12.4. The molecule has 2 aromatic carbocycles. The molecule has 2 amide bonds. The molecule has 1 unspecified atom stereocenters. The van der Waals surface area contributed by atoms with Crippen LogP contribution in [0.4, 0.5) is 9.39 Å². The van der Waals surface area contributed by atoms with Crippen LogP contribution in [0.15, 0.2) is 53.7 Å². The van der Waals surface area contributed by atoms with E-state index in [9.17, 15) is 23.6 Å². The highest BCUT2D eigenvalue weighted by atomic mass is 32.2. The zero-order valence-electron chi connectivity index (χ0n) is 26.4. The lowest BCUT2D eigenvalue weighted by atomic mass is 10.1. The monoisotopic (exact) mass is 683 g/mol. The molecule has 2 aromatic heterocycles. The first kappa shape index (κ1) is 35.1. The Bertz CT molecular complexity index is 1760. The largest absolute Gasteiger partial charge is 0.494 e. The Morgan fingerprint density at radius 1 is 0.979 bits per heavy atom. The van der Waals surface area contributed by atoms with Crippen LogP contribution >= 0.6 is 23.1 Å². The summed E-state index contributed by atoms with van der Waals surface area (Å²) >= 11 is 2.02. The van der Waals surface area contributed by atoms with Gasteiger partial charge >= 0.3 is 11.9 Å². The molecule has 0 fully saturated rings. The first-order chi connectivity index (χ1) is 22.6. The lowest BCUT2D eigenvalue weighted by Gasteiger charge is -2.15. The summed E-state index contributed by atoms with van der Waals surface area (Å²) in [5.41, 5.74) is 1.22. The van der Waals surface area contributed by atoms with E-state index in [-0.39, 0.29) is 40.8 Å². The standard InChI is InChI=1S/C32H34FN5O7S2/c1-6-43-23-14-12-22(13-15-23)38-24(17-34-28(40)20-10-9-11-21(33)16-20)36-37-32(38)46-19(5)27(39)35-29-25(30(41)44-7-2)18(4)26(47-29)31(42)45-8-3/h9-16,19H,6-8,17H2,1-5H3,(H,34,40)(H,35,39). The van der Waals surface area contributed by atoms with Gasteiger partial charge in [-0.2, -0.15) is 0 Å². The van der Waals surface area contributed by atoms with Crippen molar-refractivity contribution in [3.05, 3.63) is 81.7 Å². The second-order valence-corrected chi connectivity index (χ2v) is 12.1. The second-order valence-electron chi connectivity index (χ2n) is 9.80. The van der Waals surface area contributed by atoms with E-state index in [1.54, 1.807) is 56.5 Å².